The van der Waals surface area contributed by atoms with Crippen LogP contribution in [0, 0.1) is 0 Å². The molecule has 0 bridgehead atoms. The number of benzene rings is 1. The average Bonchev–Trinajstić information content (AvgIpc) is 2.72. The second kappa shape index (κ2) is 8.43. The number of carbonyl (C=O) groups excluding carboxylic acids is 2. The Morgan fingerprint density at radius 3 is 2.19 bits per heavy atom. The van der Waals surface area contributed by atoms with Crippen molar-refractivity contribution in [3.63, 3.8) is 0 Å². The highest BCUT2D eigenvalue weighted by Gasteiger charge is 2.37. The molecule has 1 aromatic carbocycles. The number of nitrogens with one attached hydrogen (secondary N) is 2. The molecule has 1 atom stereocenters. The number of hydrazone groups is 1. The normalized spacial score (nSPS) is 15.3. The van der Waals surface area contributed by atoms with Gasteiger partial charge in [0, 0.05) is 18.0 Å². The third kappa shape index (κ3) is 5.12. The Balaban J connectivity index is 1.91. The molecule has 32 heavy (non-hydrogen) atoms. The fourth-order valence-corrected chi connectivity index (χ4v) is 2.70. The predicted molar refractivity (Wildman–Crippen MR) is 95.0 cm³/mol. The fraction of sp³-hybridized carbons (Fsp3) is 0.278. The van der Waals surface area contributed by atoms with Crippen LogP contribution in [-0.4, -0.2) is 34.3 Å². The van der Waals surface area contributed by atoms with E-state index in [4.69, 9.17) is 4.74 Å². The maximum absolute atomic E-state index is 13.0. The van der Waals surface area contributed by atoms with Gasteiger partial charge in [0.25, 0.3) is 17.7 Å². The van der Waals surface area contributed by atoms with E-state index in [0.29, 0.717) is 12.1 Å². The molecule has 1 aliphatic heterocycles. The lowest BCUT2D eigenvalue weighted by Crippen LogP contribution is -2.34. The van der Waals surface area contributed by atoms with E-state index in [-0.39, 0.29) is 30.0 Å². The van der Waals surface area contributed by atoms with Crippen LogP contribution in [0.25, 0.3) is 0 Å². The Kier molecular flexibility index (Phi) is 6.05. The van der Waals surface area contributed by atoms with Crippen LogP contribution in [0.5, 0.6) is 0 Å². The molecule has 0 radical (unpaired) electrons. The lowest BCUT2D eigenvalue weighted by atomic mass is 10.0. The first-order valence-corrected chi connectivity index (χ1v) is 8.77. The standard InChI is InChI=1S/C18H13F6N5O3/c1-8(13-14(26-3-2-25-13)16-29-28-12(30)7-32-16)27-15(31)9-4-10(17(19,20)21)6-11(5-9)18(22,23)24/h2-6,8H,7H2,1H3,(H,27,31)(H,28,30). The molecule has 0 fully saturated rings. The first kappa shape index (κ1) is 23.0. The fourth-order valence-electron chi connectivity index (χ4n) is 2.70. The maximum Gasteiger partial charge on any atom is 0.416 e. The van der Waals surface area contributed by atoms with E-state index in [0.717, 1.165) is 0 Å². The smallest absolute Gasteiger partial charge is 0.416 e. The number of hydrogen-bond donors (Lipinski definition) is 2. The minimum absolute atomic E-state index is 0.0142. The molecule has 170 valence electrons. The van der Waals surface area contributed by atoms with Gasteiger partial charge in [0.1, 0.15) is 0 Å². The number of halogens is 6. The minimum atomic E-state index is -5.10. The van der Waals surface area contributed by atoms with Crippen molar-refractivity contribution in [3.05, 3.63) is 58.7 Å². The first-order chi connectivity index (χ1) is 14.9. The van der Waals surface area contributed by atoms with Gasteiger partial charge in [-0.3, -0.25) is 14.6 Å². The van der Waals surface area contributed by atoms with Crippen LogP contribution in [0.3, 0.4) is 0 Å². The molecule has 1 aromatic heterocycles. The zero-order valence-corrected chi connectivity index (χ0v) is 16.0. The molecule has 14 heteroatoms. The van der Waals surface area contributed by atoms with E-state index in [1.54, 1.807) is 0 Å². The van der Waals surface area contributed by atoms with Crippen LogP contribution >= 0.6 is 0 Å². The molecule has 0 saturated heterocycles. The van der Waals surface area contributed by atoms with Gasteiger partial charge in [-0.2, -0.15) is 26.3 Å². The summed E-state index contributed by atoms with van der Waals surface area (Å²) >= 11 is 0. The summed E-state index contributed by atoms with van der Waals surface area (Å²) in [6.45, 7) is 1.02. The molecule has 2 heterocycles. The van der Waals surface area contributed by atoms with Gasteiger partial charge in [-0.1, -0.05) is 0 Å². The Bertz CT molecular complexity index is 1050. The van der Waals surface area contributed by atoms with Crippen LogP contribution in [0.1, 0.15) is 45.8 Å². The van der Waals surface area contributed by atoms with Gasteiger partial charge in [-0.15, -0.1) is 5.10 Å². The molecule has 1 aliphatic rings. The third-order valence-corrected chi connectivity index (χ3v) is 4.16. The Hall–Kier alpha value is -3.71. The summed E-state index contributed by atoms with van der Waals surface area (Å²) < 4.78 is 83.4. The number of ether oxygens (including phenoxy) is 1. The molecule has 2 aromatic rings. The molecule has 3 rings (SSSR count). The van der Waals surface area contributed by atoms with Crippen molar-refractivity contribution in [3.8, 4) is 0 Å². The second-order valence-corrected chi connectivity index (χ2v) is 6.52. The van der Waals surface area contributed by atoms with Crippen LogP contribution in [0.4, 0.5) is 26.3 Å². The SMILES string of the molecule is CC(NC(=O)c1cc(C(F)(F)F)cc(C(F)(F)F)c1)c1nccnc1C1=NNC(=O)CO1. The van der Waals surface area contributed by atoms with Gasteiger partial charge in [-0.05, 0) is 25.1 Å². The van der Waals surface area contributed by atoms with Crippen LogP contribution in [-0.2, 0) is 21.9 Å². The van der Waals surface area contributed by atoms with Crippen LogP contribution in [0.15, 0.2) is 35.7 Å². The topological polar surface area (TPSA) is 106 Å². The second-order valence-electron chi connectivity index (χ2n) is 6.52. The van der Waals surface area contributed by atoms with Crippen molar-refractivity contribution in [2.45, 2.75) is 25.3 Å². The number of alkyl halides is 6. The number of hydrogen-bond acceptors (Lipinski definition) is 6. The monoisotopic (exact) mass is 461 g/mol. The van der Waals surface area contributed by atoms with Gasteiger partial charge in [-0.25, -0.2) is 10.4 Å². The molecule has 2 N–H and O–H groups in total. The highest BCUT2D eigenvalue weighted by Crippen LogP contribution is 2.36. The number of amides is 2. The number of aromatic nitrogens is 2. The largest absolute Gasteiger partial charge is 0.465 e. The van der Waals surface area contributed by atoms with Gasteiger partial charge in [0.15, 0.2) is 12.3 Å². The molecular weight excluding hydrogens is 448 g/mol. The van der Waals surface area contributed by atoms with Crippen LogP contribution < -0.4 is 10.7 Å². The lowest BCUT2D eigenvalue weighted by molar-refractivity contribution is -0.143. The van der Waals surface area contributed by atoms with Gasteiger partial charge in [0.05, 0.1) is 22.9 Å². The average molecular weight is 461 g/mol. The Labute approximate surface area is 175 Å². The van der Waals surface area contributed by atoms with Crippen LogP contribution in [0.2, 0.25) is 0 Å². The maximum atomic E-state index is 13.0. The Morgan fingerprint density at radius 1 is 1.06 bits per heavy atom. The van der Waals surface area contributed by atoms with Crippen molar-refractivity contribution in [1.29, 1.82) is 0 Å². The van der Waals surface area contributed by atoms with E-state index in [1.165, 1.54) is 19.3 Å². The summed E-state index contributed by atoms with van der Waals surface area (Å²) in [4.78, 5) is 31.7. The van der Waals surface area contributed by atoms with E-state index >= 15 is 0 Å². The third-order valence-electron chi connectivity index (χ3n) is 4.16. The Morgan fingerprint density at radius 2 is 1.66 bits per heavy atom. The lowest BCUT2D eigenvalue weighted by Gasteiger charge is -2.19. The zero-order valence-electron chi connectivity index (χ0n) is 16.0. The summed E-state index contributed by atoms with van der Waals surface area (Å²) in [6, 6.07) is -0.468. The minimum Gasteiger partial charge on any atom is -0.465 e. The summed E-state index contributed by atoms with van der Waals surface area (Å²) in [5.41, 5.74) is -1.85. The van der Waals surface area contributed by atoms with E-state index < -0.39 is 46.9 Å². The number of carbonyl (C=O) groups is 2. The molecule has 0 aliphatic carbocycles. The first-order valence-electron chi connectivity index (χ1n) is 8.77. The predicted octanol–water partition coefficient (Wildman–Crippen LogP) is 2.81. The summed E-state index contributed by atoms with van der Waals surface area (Å²) in [5.74, 6) is -1.86. The molecule has 0 saturated carbocycles. The van der Waals surface area contributed by atoms with Gasteiger partial charge >= 0.3 is 12.4 Å². The van der Waals surface area contributed by atoms with E-state index in [2.05, 4.69) is 25.8 Å². The molecule has 8 nitrogen and oxygen atoms in total. The summed E-state index contributed by atoms with van der Waals surface area (Å²) in [6.07, 6.45) is -7.69. The number of nitrogens with zero attached hydrogens (tertiary/aromatic N) is 3. The van der Waals surface area contributed by atoms with Crippen molar-refractivity contribution in [2.24, 2.45) is 5.10 Å². The highest BCUT2D eigenvalue weighted by molar-refractivity contribution is 5.98. The van der Waals surface area contributed by atoms with E-state index in [9.17, 15) is 35.9 Å². The summed E-state index contributed by atoms with van der Waals surface area (Å²) in [5, 5.41) is 5.95. The molecular formula is C18H13F6N5O3. The van der Waals surface area contributed by atoms with Gasteiger partial charge in [0.2, 0.25) is 0 Å². The van der Waals surface area contributed by atoms with Crippen molar-refractivity contribution < 1.29 is 40.7 Å². The molecule has 1 unspecified atom stereocenters. The van der Waals surface area contributed by atoms with Crippen molar-refractivity contribution in [2.75, 3.05) is 6.61 Å². The van der Waals surface area contributed by atoms with Crippen molar-refractivity contribution in [1.82, 2.24) is 20.7 Å². The zero-order chi connectivity index (χ0) is 23.7. The van der Waals surface area contributed by atoms with Crippen molar-refractivity contribution >= 4 is 17.7 Å². The molecule has 0 spiro atoms. The molecule has 2 amide bonds. The number of rotatable bonds is 4. The van der Waals surface area contributed by atoms with E-state index in [1.807, 2.05) is 0 Å². The summed E-state index contributed by atoms with van der Waals surface area (Å²) in [7, 11) is 0. The quantitative estimate of drug-likeness (QED) is 0.682. The highest BCUT2D eigenvalue weighted by atomic mass is 19.4. The van der Waals surface area contributed by atoms with Gasteiger partial charge < -0.3 is 10.1 Å².